The monoisotopic (exact) mass is 278 g/mol. The number of benzene rings is 2. The summed E-state index contributed by atoms with van der Waals surface area (Å²) in [5.74, 6) is -0.598. The summed E-state index contributed by atoms with van der Waals surface area (Å²) in [7, 11) is 0. The summed E-state index contributed by atoms with van der Waals surface area (Å²) < 4.78 is 28.9. The first kappa shape index (κ1) is 13.8. The van der Waals surface area contributed by atoms with Crippen molar-refractivity contribution in [2.75, 3.05) is 11.1 Å². The molecule has 2 aromatic carbocycles. The average molecular weight is 278 g/mol. The van der Waals surface area contributed by atoms with Crippen molar-refractivity contribution < 1.29 is 18.3 Å². The Morgan fingerprint density at radius 3 is 2.45 bits per heavy atom. The molecule has 0 spiro atoms. The fraction of sp³-hybridized carbons (Fsp3) is 0.0714. The highest BCUT2D eigenvalue weighted by atomic mass is 19.3. The number of nitrogens with one attached hydrogen (secondary N) is 1. The summed E-state index contributed by atoms with van der Waals surface area (Å²) in [5.41, 5.74) is 6.40. The van der Waals surface area contributed by atoms with Crippen LogP contribution in [0.15, 0.2) is 48.5 Å². The number of para-hydroxylation sites is 3. The highest BCUT2D eigenvalue weighted by Crippen LogP contribution is 2.26. The van der Waals surface area contributed by atoms with Gasteiger partial charge in [-0.05, 0) is 24.3 Å². The largest absolute Gasteiger partial charge is 0.433 e. The van der Waals surface area contributed by atoms with Gasteiger partial charge in [-0.2, -0.15) is 8.78 Å². The quantitative estimate of drug-likeness (QED) is 0.844. The topological polar surface area (TPSA) is 64.4 Å². The van der Waals surface area contributed by atoms with Crippen molar-refractivity contribution in [2.24, 2.45) is 0 Å². The Bertz CT molecular complexity index is 618. The number of amides is 1. The standard InChI is InChI=1S/C14H12F2N2O2/c15-14(16)20-12-8-4-3-7-11(12)18-13(19)9-5-1-2-6-10(9)17/h1-8,14H,17H2,(H,18,19). The first-order valence-corrected chi connectivity index (χ1v) is 5.77. The minimum absolute atomic E-state index is 0.106. The average Bonchev–Trinajstić information content (AvgIpc) is 2.41. The number of anilines is 2. The minimum Gasteiger partial charge on any atom is -0.433 e. The third-order valence-corrected chi connectivity index (χ3v) is 2.56. The SMILES string of the molecule is Nc1ccccc1C(=O)Nc1ccccc1OC(F)F. The molecule has 0 aliphatic carbocycles. The van der Waals surface area contributed by atoms with Gasteiger partial charge in [0.2, 0.25) is 0 Å². The van der Waals surface area contributed by atoms with Gasteiger partial charge < -0.3 is 15.8 Å². The molecule has 104 valence electrons. The highest BCUT2D eigenvalue weighted by Gasteiger charge is 2.13. The number of carbonyl (C=O) groups is 1. The van der Waals surface area contributed by atoms with Crippen LogP contribution in [-0.2, 0) is 0 Å². The summed E-state index contributed by atoms with van der Waals surface area (Å²) in [6.07, 6.45) is 0. The maximum Gasteiger partial charge on any atom is 0.387 e. The maximum absolute atomic E-state index is 12.3. The van der Waals surface area contributed by atoms with Gasteiger partial charge in [0.05, 0.1) is 11.3 Å². The van der Waals surface area contributed by atoms with Crippen LogP contribution in [0.4, 0.5) is 20.2 Å². The molecule has 0 heterocycles. The van der Waals surface area contributed by atoms with Gasteiger partial charge in [0.1, 0.15) is 5.75 Å². The Kier molecular flexibility index (Phi) is 4.14. The van der Waals surface area contributed by atoms with Crippen molar-refractivity contribution in [1.82, 2.24) is 0 Å². The van der Waals surface area contributed by atoms with E-state index in [0.717, 1.165) is 0 Å². The van der Waals surface area contributed by atoms with E-state index in [1.165, 1.54) is 18.2 Å². The molecule has 0 saturated heterocycles. The Labute approximate surface area is 114 Å². The molecule has 4 nitrogen and oxygen atoms in total. The van der Waals surface area contributed by atoms with Crippen LogP contribution in [-0.4, -0.2) is 12.5 Å². The van der Waals surface area contributed by atoms with Crippen LogP contribution < -0.4 is 15.8 Å². The summed E-state index contributed by atoms with van der Waals surface area (Å²) in [6, 6.07) is 12.4. The van der Waals surface area contributed by atoms with Crippen molar-refractivity contribution in [2.45, 2.75) is 6.61 Å². The van der Waals surface area contributed by atoms with Crippen molar-refractivity contribution in [1.29, 1.82) is 0 Å². The van der Waals surface area contributed by atoms with Crippen LogP contribution in [0.25, 0.3) is 0 Å². The van der Waals surface area contributed by atoms with Gasteiger partial charge in [0.25, 0.3) is 5.91 Å². The first-order chi connectivity index (χ1) is 9.58. The number of hydrogen-bond donors (Lipinski definition) is 2. The van der Waals surface area contributed by atoms with Gasteiger partial charge in [0, 0.05) is 5.69 Å². The summed E-state index contributed by atoms with van der Waals surface area (Å²) in [4.78, 5) is 12.0. The van der Waals surface area contributed by atoms with Crippen molar-refractivity contribution in [3.8, 4) is 5.75 Å². The lowest BCUT2D eigenvalue weighted by Gasteiger charge is -2.12. The van der Waals surface area contributed by atoms with E-state index in [2.05, 4.69) is 10.1 Å². The molecule has 0 aromatic heterocycles. The molecule has 0 aliphatic heterocycles. The van der Waals surface area contributed by atoms with E-state index >= 15 is 0 Å². The molecule has 0 saturated carbocycles. The molecule has 0 bridgehead atoms. The maximum atomic E-state index is 12.3. The van der Waals surface area contributed by atoms with Gasteiger partial charge in [0.15, 0.2) is 0 Å². The lowest BCUT2D eigenvalue weighted by Crippen LogP contribution is -2.15. The minimum atomic E-state index is -2.96. The van der Waals surface area contributed by atoms with Gasteiger partial charge in [-0.25, -0.2) is 0 Å². The summed E-state index contributed by atoms with van der Waals surface area (Å²) >= 11 is 0. The van der Waals surface area contributed by atoms with Gasteiger partial charge in [-0.15, -0.1) is 0 Å². The van der Waals surface area contributed by atoms with Crippen molar-refractivity contribution in [3.63, 3.8) is 0 Å². The third kappa shape index (κ3) is 3.23. The molecule has 2 aromatic rings. The number of hydrogen-bond acceptors (Lipinski definition) is 3. The Morgan fingerprint density at radius 2 is 1.75 bits per heavy atom. The van der Waals surface area contributed by atoms with Crippen molar-refractivity contribution in [3.05, 3.63) is 54.1 Å². The van der Waals surface area contributed by atoms with Crippen LogP contribution in [0, 0.1) is 0 Å². The molecule has 0 radical (unpaired) electrons. The molecular weight excluding hydrogens is 266 g/mol. The van der Waals surface area contributed by atoms with Gasteiger partial charge in [-0.1, -0.05) is 24.3 Å². The normalized spacial score (nSPS) is 10.3. The van der Waals surface area contributed by atoms with E-state index in [0.29, 0.717) is 5.69 Å². The molecule has 0 aliphatic rings. The zero-order valence-corrected chi connectivity index (χ0v) is 10.3. The van der Waals surface area contributed by atoms with E-state index in [4.69, 9.17) is 5.73 Å². The zero-order chi connectivity index (χ0) is 14.5. The van der Waals surface area contributed by atoms with Gasteiger partial charge in [-0.3, -0.25) is 4.79 Å². The van der Waals surface area contributed by atoms with Crippen LogP contribution >= 0.6 is 0 Å². The zero-order valence-electron chi connectivity index (χ0n) is 10.3. The summed E-state index contributed by atoms with van der Waals surface area (Å²) in [6.45, 7) is -2.96. The van der Waals surface area contributed by atoms with Gasteiger partial charge >= 0.3 is 6.61 Å². The van der Waals surface area contributed by atoms with E-state index in [1.807, 2.05) is 0 Å². The fourth-order valence-electron chi connectivity index (χ4n) is 1.66. The van der Waals surface area contributed by atoms with E-state index in [9.17, 15) is 13.6 Å². The Morgan fingerprint density at radius 1 is 1.10 bits per heavy atom. The second kappa shape index (κ2) is 6.01. The third-order valence-electron chi connectivity index (χ3n) is 2.56. The number of nitrogens with two attached hydrogens (primary N) is 1. The number of rotatable bonds is 4. The molecule has 3 N–H and O–H groups in total. The smallest absolute Gasteiger partial charge is 0.387 e. The lowest BCUT2D eigenvalue weighted by atomic mass is 10.1. The second-order valence-electron chi connectivity index (χ2n) is 3.92. The Balaban J connectivity index is 2.22. The molecule has 2 rings (SSSR count). The second-order valence-corrected chi connectivity index (χ2v) is 3.92. The first-order valence-electron chi connectivity index (χ1n) is 5.77. The van der Waals surface area contributed by atoms with Crippen LogP contribution in [0.2, 0.25) is 0 Å². The molecule has 1 amide bonds. The van der Waals surface area contributed by atoms with E-state index in [1.54, 1.807) is 30.3 Å². The highest BCUT2D eigenvalue weighted by molar-refractivity contribution is 6.08. The number of ether oxygens (including phenoxy) is 1. The molecule has 20 heavy (non-hydrogen) atoms. The lowest BCUT2D eigenvalue weighted by molar-refractivity contribution is -0.0493. The van der Waals surface area contributed by atoms with E-state index in [-0.39, 0.29) is 17.0 Å². The number of nitrogen functional groups attached to an aromatic ring is 1. The number of alkyl halides is 2. The molecule has 0 unspecified atom stereocenters. The number of halogens is 2. The number of carbonyl (C=O) groups excluding carboxylic acids is 1. The summed E-state index contributed by atoms with van der Waals surface area (Å²) in [5, 5.41) is 2.50. The van der Waals surface area contributed by atoms with Crippen LogP contribution in [0.3, 0.4) is 0 Å². The Hall–Kier alpha value is -2.63. The molecule has 6 heteroatoms. The predicted octanol–water partition coefficient (Wildman–Crippen LogP) is 3.12. The van der Waals surface area contributed by atoms with Crippen molar-refractivity contribution >= 4 is 17.3 Å². The molecule has 0 fully saturated rings. The predicted molar refractivity (Wildman–Crippen MR) is 71.9 cm³/mol. The van der Waals surface area contributed by atoms with Crippen LogP contribution in [0.1, 0.15) is 10.4 Å². The van der Waals surface area contributed by atoms with Crippen LogP contribution in [0.5, 0.6) is 5.75 Å². The molecular formula is C14H12F2N2O2. The molecule has 0 atom stereocenters. The fourth-order valence-corrected chi connectivity index (χ4v) is 1.66. The van der Waals surface area contributed by atoms with E-state index < -0.39 is 12.5 Å².